The Balaban J connectivity index is 1.88. The topological polar surface area (TPSA) is 67.8 Å². The molecular weight excluding hydrogens is 276 g/mol. The molecular formula is C17H20N4O. The van der Waals surface area contributed by atoms with E-state index in [0.29, 0.717) is 0 Å². The number of amides is 1. The minimum atomic E-state index is -0.0117. The third kappa shape index (κ3) is 2.98. The molecule has 2 aromatic heterocycles. The molecule has 2 heterocycles. The monoisotopic (exact) mass is 296 g/mol. The van der Waals surface area contributed by atoms with E-state index in [1.165, 1.54) is 0 Å². The van der Waals surface area contributed by atoms with E-state index in [0.717, 1.165) is 41.9 Å². The van der Waals surface area contributed by atoms with Crippen molar-refractivity contribution in [2.24, 2.45) is 5.92 Å². The summed E-state index contributed by atoms with van der Waals surface area (Å²) in [6.45, 7) is 3.81. The number of nitrogens with one attached hydrogen (secondary N) is 1. The molecule has 0 bridgehead atoms. The summed E-state index contributed by atoms with van der Waals surface area (Å²) in [4.78, 5) is 25.1. The minimum Gasteiger partial charge on any atom is -0.349 e. The molecule has 0 saturated heterocycles. The Morgan fingerprint density at radius 3 is 2.82 bits per heavy atom. The van der Waals surface area contributed by atoms with E-state index < -0.39 is 0 Å². The fourth-order valence-corrected chi connectivity index (χ4v) is 2.68. The van der Waals surface area contributed by atoms with Gasteiger partial charge < -0.3 is 5.32 Å². The number of carbonyl (C=O) groups excluding carboxylic acids is 1. The number of nitrogens with zero attached hydrogens (tertiary/aromatic N) is 3. The van der Waals surface area contributed by atoms with Gasteiger partial charge in [-0.05, 0) is 31.4 Å². The lowest BCUT2D eigenvalue weighted by molar-refractivity contribution is -0.124. The minimum absolute atomic E-state index is 0.0117. The van der Waals surface area contributed by atoms with Gasteiger partial charge in [-0.1, -0.05) is 13.8 Å². The maximum absolute atomic E-state index is 12.0. The average molecular weight is 296 g/mol. The van der Waals surface area contributed by atoms with E-state index >= 15 is 0 Å². The summed E-state index contributed by atoms with van der Waals surface area (Å²) in [6.07, 6.45) is 8.26. The van der Waals surface area contributed by atoms with E-state index in [1.54, 1.807) is 12.4 Å². The van der Waals surface area contributed by atoms with Gasteiger partial charge in [0.15, 0.2) is 5.82 Å². The van der Waals surface area contributed by atoms with E-state index in [-0.39, 0.29) is 17.9 Å². The summed E-state index contributed by atoms with van der Waals surface area (Å²) in [6, 6.07) is 3.84. The summed E-state index contributed by atoms with van der Waals surface area (Å²) in [5.74, 6) is 0.787. The Hall–Kier alpha value is -2.30. The van der Waals surface area contributed by atoms with Crippen molar-refractivity contribution in [1.29, 1.82) is 0 Å². The third-order valence-electron chi connectivity index (χ3n) is 3.96. The van der Waals surface area contributed by atoms with Crippen molar-refractivity contribution in [3.8, 4) is 11.4 Å². The lowest BCUT2D eigenvalue weighted by atomic mass is 9.92. The number of carbonyl (C=O) groups is 1. The van der Waals surface area contributed by atoms with Crippen molar-refractivity contribution < 1.29 is 4.79 Å². The van der Waals surface area contributed by atoms with Crippen LogP contribution in [0.2, 0.25) is 0 Å². The summed E-state index contributed by atoms with van der Waals surface area (Å²) < 4.78 is 0. The van der Waals surface area contributed by atoms with Crippen LogP contribution < -0.4 is 5.32 Å². The molecule has 0 saturated carbocycles. The van der Waals surface area contributed by atoms with Gasteiger partial charge in [-0.15, -0.1) is 0 Å². The van der Waals surface area contributed by atoms with Gasteiger partial charge in [0.1, 0.15) is 0 Å². The van der Waals surface area contributed by atoms with Gasteiger partial charge in [0, 0.05) is 41.3 Å². The van der Waals surface area contributed by atoms with Crippen molar-refractivity contribution in [2.75, 3.05) is 0 Å². The fourth-order valence-electron chi connectivity index (χ4n) is 2.68. The summed E-state index contributed by atoms with van der Waals surface area (Å²) in [7, 11) is 0. The highest BCUT2D eigenvalue weighted by atomic mass is 16.1. The number of rotatable bonds is 3. The Bertz CT molecular complexity index is 670. The van der Waals surface area contributed by atoms with Crippen LogP contribution >= 0.6 is 0 Å². The van der Waals surface area contributed by atoms with E-state index in [2.05, 4.69) is 15.3 Å². The molecule has 5 nitrogen and oxygen atoms in total. The molecule has 1 amide bonds. The van der Waals surface area contributed by atoms with E-state index in [1.807, 2.05) is 32.2 Å². The Morgan fingerprint density at radius 2 is 2.09 bits per heavy atom. The van der Waals surface area contributed by atoms with Crippen molar-refractivity contribution in [3.05, 3.63) is 42.0 Å². The molecule has 0 unspecified atom stereocenters. The maximum Gasteiger partial charge on any atom is 0.223 e. The SMILES string of the molecule is CC(C)C(=O)N[C@H]1CCCc2nc(-c3ccncc3)ncc21. The van der Waals surface area contributed by atoms with Gasteiger partial charge in [0.2, 0.25) is 5.91 Å². The molecule has 1 aliphatic carbocycles. The second-order valence-corrected chi connectivity index (χ2v) is 5.94. The molecule has 1 N–H and O–H groups in total. The fraction of sp³-hybridized carbons (Fsp3) is 0.412. The Kier molecular flexibility index (Phi) is 4.13. The number of pyridine rings is 1. The normalized spacial score (nSPS) is 17.1. The van der Waals surface area contributed by atoms with Crippen LogP contribution in [0.4, 0.5) is 0 Å². The van der Waals surface area contributed by atoms with Crippen molar-refractivity contribution in [3.63, 3.8) is 0 Å². The molecule has 2 aromatic rings. The summed E-state index contributed by atoms with van der Waals surface area (Å²) in [5, 5.41) is 3.10. The number of aryl methyl sites for hydroxylation is 1. The van der Waals surface area contributed by atoms with Crippen LogP contribution in [0.1, 0.15) is 44.0 Å². The number of hydrogen-bond acceptors (Lipinski definition) is 4. The van der Waals surface area contributed by atoms with Crippen LogP contribution in [-0.2, 0) is 11.2 Å². The van der Waals surface area contributed by atoms with Gasteiger partial charge >= 0.3 is 0 Å². The molecule has 0 fully saturated rings. The molecule has 0 aromatic carbocycles. The quantitative estimate of drug-likeness (QED) is 0.945. The molecule has 0 radical (unpaired) electrons. The second-order valence-electron chi connectivity index (χ2n) is 5.94. The molecule has 3 rings (SSSR count). The van der Waals surface area contributed by atoms with Gasteiger partial charge in [-0.3, -0.25) is 9.78 Å². The van der Waals surface area contributed by atoms with Gasteiger partial charge in [0.25, 0.3) is 0 Å². The third-order valence-corrected chi connectivity index (χ3v) is 3.96. The number of aromatic nitrogens is 3. The van der Waals surface area contributed by atoms with Crippen molar-refractivity contribution in [2.45, 2.75) is 39.2 Å². The van der Waals surface area contributed by atoms with E-state index in [4.69, 9.17) is 4.98 Å². The number of hydrogen-bond donors (Lipinski definition) is 1. The highest BCUT2D eigenvalue weighted by molar-refractivity contribution is 5.78. The van der Waals surface area contributed by atoms with Crippen molar-refractivity contribution in [1.82, 2.24) is 20.3 Å². The zero-order valence-electron chi connectivity index (χ0n) is 12.9. The Labute approximate surface area is 130 Å². The van der Waals surface area contributed by atoms with Gasteiger partial charge in [0.05, 0.1) is 6.04 Å². The predicted octanol–water partition coefficient (Wildman–Crippen LogP) is 2.69. The highest BCUT2D eigenvalue weighted by Crippen LogP contribution is 2.29. The van der Waals surface area contributed by atoms with Crippen LogP contribution in [-0.4, -0.2) is 20.9 Å². The first-order valence-electron chi connectivity index (χ1n) is 7.71. The van der Waals surface area contributed by atoms with Crippen LogP contribution in [0.15, 0.2) is 30.7 Å². The van der Waals surface area contributed by atoms with Crippen LogP contribution in [0.25, 0.3) is 11.4 Å². The first kappa shape index (κ1) is 14.6. The summed E-state index contributed by atoms with van der Waals surface area (Å²) >= 11 is 0. The first-order chi connectivity index (χ1) is 10.6. The zero-order valence-corrected chi connectivity index (χ0v) is 12.9. The lowest BCUT2D eigenvalue weighted by Crippen LogP contribution is -2.34. The second kappa shape index (κ2) is 6.22. The van der Waals surface area contributed by atoms with Crippen LogP contribution in [0, 0.1) is 5.92 Å². The lowest BCUT2D eigenvalue weighted by Gasteiger charge is -2.26. The largest absolute Gasteiger partial charge is 0.349 e. The predicted molar refractivity (Wildman–Crippen MR) is 83.9 cm³/mol. The smallest absolute Gasteiger partial charge is 0.223 e. The van der Waals surface area contributed by atoms with Gasteiger partial charge in [-0.2, -0.15) is 0 Å². The van der Waals surface area contributed by atoms with Crippen LogP contribution in [0.5, 0.6) is 0 Å². The number of fused-ring (bicyclic) bond motifs is 1. The summed E-state index contributed by atoms with van der Waals surface area (Å²) in [5.41, 5.74) is 3.06. The molecule has 5 heteroatoms. The molecule has 1 aliphatic rings. The average Bonchev–Trinajstić information content (AvgIpc) is 2.55. The standard InChI is InChI=1S/C17H20N4O/c1-11(2)17(22)21-15-5-3-4-14-13(15)10-19-16(20-14)12-6-8-18-9-7-12/h6-11,15H,3-5H2,1-2H3,(H,21,22)/t15-/m0/s1. The molecule has 1 atom stereocenters. The molecule has 22 heavy (non-hydrogen) atoms. The maximum atomic E-state index is 12.0. The molecule has 114 valence electrons. The van der Waals surface area contributed by atoms with E-state index in [9.17, 15) is 4.79 Å². The Morgan fingerprint density at radius 1 is 1.32 bits per heavy atom. The molecule has 0 spiro atoms. The molecule has 0 aliphatic heterocycles. The first-order valence-corrected chi connectivity index (χ1v) is 7.71. The zero-order chi connectivity index (χ0) is 15.5. The highest BCUT2D eigenvalue weighted by Gasteiger charge is 2.24. The van der Waals surface area contributed by atoms with Crippen molar-refractivity contribution >= 4 is 5.91 Å². The van der Waals surface area contributed by atoms with Gasteiger partial charge in [-0.25, -0.2) is 9.97 Å². The van der Waals surface area contributed by atoms with Crippen LogP contribution in [0.3, 0.4) is 0 Å².